The number of ether oxygens (including phenoxy) is 1. The van der Waals surface area contributed by atoms with Crippen LogP contribution in [0.3, 0.4) is 0 Å². The van der Waals surface area contributed by atoms with Crippen LogP contribution in [0.15, 0.2) is 49.0 Å². The Morgan fingerprint density at radius 3 is 2.21 bits per heavy atom. The number of halogens is 3. The van der Waals surface area contributed by atoms with Crippen LogP contribution in [-0.4, -0.2) is 6.61 Å². The molecule has 0 aliphatic heterocycles. The van der Waals surface area contributed by atoms with E-state index in [1.807, 2.05) is 24.3 Å². The first-order chi connectivity index (χ1) is 9.06. The Morgan fingerprint density at radius 1 is 0.947 bits per heavy atom. The Labute approximate surface area is 127 Å². The Bertz CT molecular complexity index is 591. The Kier molecular flexibility index (Phi) is 4.76. The number of hydrogen-bond acceptors (Lipinski definition) is 1. The van der Waals surface area contributed by atoms with Crippen LogP contribution in [0.1, 0.15) is 5.56 Å². The van der Waals surface area contributed by atoms with E-state index in [1.54, 1.807) is 18.2 Å². The van der Waals surface area contributed by atoms with Gasteiger partial charge in [-0.2, -0.15) is 0 Å². The molecular weight excluding hydrogens is 303 g/mol. The molecule has 0 saturated heterocycles. The first kappa shape index (κ1) is 14.3. The van der Waals surface area contributed by atoms with Gasteiger partial charge >= 0.3 is 0 Å². The summed E-state index contributed by atoms with van der Waals surface area (Å²) in [6, 6.07) is 12.5. The number of rotatable bonds is 4. The van der Waals surface area contributed by atoms with E-state index < -0.39 is 0 Å². The van der Waals surface area contributed by atoms with Crippen LogP contribution in [0.4, 0.5) is 0 Å². The van der Waals surface area contributed by atoms with E-state index in [-0.39, 0.29) is 0 Å². The van der Waals surface area contributed by atoms with Crippen molar-refractivity contribution < 1.29 is 4.74 Å². The van der Waals surface area contributed by atoms with Crippen molar-refractivity contribution in [2.24, 2.45) is 0 Å². The lowest BCUT2D eigenvalue weighted by Gasteiger charge is -2.10. The van der Waals surface area contributed by atoms with E-state index in [0.29, 0.717) is 27.4 Å². The molecule has 0 unspecified atom stereocenters. The lowest BCUT2D eigenvalue weighted by Crippen LogP contribution is -2.00. The largest absolute Gasteiger partial charge is 0.487 e. The van der Waals surface area contributed by atoms with Crippen molar-refractivity contribution in [3.63, 3.8) is 0 Å². The minimum absolute atomic E-state index is 0.350. The van der Waals surface area contributed by atoms with E-state index in [2.05, 4.69) is 6.58 Å². The maximum absolute atomic E-state index is 6.02. The predicted octanol–water partition coefficient (Wildman–Crippen LogP) is 5.74. The van der Waals surface area contributed by atoms with Crippen LogP contribution >= 0.6 is 34.8 Å². The molecule has 1 nitrogen and oxygen atoms in total. The van der Waals surface area contributed by atoms with Gasteiger partial charge < -0.3 is 4.74 Å². The van der Waals surface area contributed by atoms with Crippen LogP contribution in [0.5, 0.6) is 5.75 Å². The Balaban J connectivity index is 2.02. The third-order valence-electron chi connectivity index (χ3n) is 2.55. The maximum atomic E-state index is 6.02. The van der Waals surface area contributed by atoms with Crippen molar-refractivity contribution in [2.75, 3.05) is 6.61 Å². The van der Waals surface area contributed by atoms with Crippen molar-refractivity contribution in [3.05, 3.63) is 69.7 Å². The highest BCUT2D eigenvalue weighted by Crippen LogP contribution is 2.28. The SMILES string of the molecule is C=C(COc1ccc(Cl)cc1Cl)c1ccc(Cl)cc1. The van der Waals surface area contributed by atoms with Crippen molar-refractivity contribution in [1.29, 1.82) is 0 Å². The number of hydrogen-bond donors (Lipinski definition) is 0. The van der Waals surface area contributed by atoms with Gasteiger partial charge in [-0.25, -0.2) is 0 Å². The quantitative estimate of drug-likeness (QED) is 0.699. The molecular formula is C15H11Cl3O. The summed E-state index contributed by atoms with van der Waals surface area (Å²) in [6.45, 7) is 4.33. The van der Waals surface area contributed by atoms with Crippen LogP contribution < -0.4 is 4.74 Å². The third-order valence-corrected chi connectivity index (χ3v) is 3.33. The molecule has 2 aromatic carbocycles. The highest BCUT2D eigenvalue weighted by Gasteiger charge is 2.04. The van der Waals surface area contributed by atoms with Crippen LogP contribution in [0.25, 0.3) is 5.57 Å². The summed E-state index contributed by atoms with van der Waals surface area (Å²) in [4.78, 5) is 0. The summed E-state index contributed by atoms with van der Waals surface area (Å²) >= 11 is 17.7. The average molecular weight is 314 g/mol. The van der Waals surface area contributed by atoms with Crippen LogP contribution in [0.2, 0.25) is 15.1 Å². The molecule has 0 N–H and O–H groups in total. The predicted molar refractivity (Wildman–Crippen MR) is 82.4 cm³/mol. The highest BCUT2D eigenvalue weighted by molar-refractivity contribution is 6.35. The molecule has 0 aliphatic rings. The van der Waals surface area contributed by atoms with Crippen LogP contribution in [0, 0.1) is 0 Å². The maximum Gasteiger partial charge on any atom is 0.138 e. The molecule has 2 rings (SSSR count). The second-order valence-corrected chi connectivity index (χ2v) is 5.25. The summed E-state index contributed by atoms with van der Waals surface area (Å²) in [5.74, 6) is 0.584. The molecule has 98 valence electrons. The summed E-state index contributed by atoms with van der Waals surface area (Å²) in [6.07, 6.45) is 0. The molecule has 0 radical (unpaired) electrons. The van der Waals surface area contributed by atoms with E-state index in [1.165, 1.54) is 0 Å². The van der Waals surface area contributed by atoms with Gasteiger partial charge in [0.25, 0.3) is 0 Å². The molecule has 19 heavy (non-hydrogen) atoms. The van der Waals surface area contributed by atoms with E-state index in [9.17, 15) is 0 Å². The molecule has 4 heteroatoms. The van der Waals surface area contributed by atoms with Gasteiger partial charge in [-0.3, -0.25) is 0 Å². The molecule has 2 aromatic rings. The molecule has 0 bridgehead atoms. The fraction of sp³-hybridized carbons (Fsp3) is 0.0667. The first-order valence-electron chi connectivity index (χ1n) is 5.58. The molecule has 0 fully saturated rings. The Morgan fingerprint density at radius 2 is 1.58 bits per heavy atom. The minimum atomic E-state index is 0.350. The van der Waals surface area contributed by atoms with Gasteiger partial charge in [0.1, 0.15) is 12.4 Å². The van der Waals surface area contributed by atoms with Gasteiger partial charge in [-0.05, 0) is 41.5 Å². The zero-order valence-electron chi connectivity index (χ0n) is 10.00. The number of benzene rings is 2. The smallest absolute Gasteiger partial charge is 0.138 e. The first-order valence-corrected chi connectivity index (χ1v) is 6.71. The summed E-state index contributed by atoms with van der Waals surface area (Å²) in [7, 11) is 0. The van der Waals surface area contributed by atoms with E-state index in [0.717, 1.165) is 11.1 Å². The van der Waals surface area contributed by atoms with Crippen molar-refractivity contribution in [2.45, 2.75) is 0 Å². The van der Waals surface area contributed by atoms with Crippen molar-refractivity contribution in [1.82, 2.24) is 0 Å². The van der Waals surface area contributed by atoms with Gasteiger partial charge in [0, 0.05) is 10.0 Å². The van der Waals surface area contributed by atoms with Crippen LogP contribution in [-0.2, 0) is 0 Å². The fourth-order valence-corrected chi connectivity index (χ4v) is 2.12. The summed E-state index contributed by atoms with van der Waals surface area (Å²) in [5.41, 5.74) is 1.83. The van der Waals surface area contributed by atoms with Gasteiger partial charge in [-0.1, -0.05) is 53.5 Å². The van der Waals surface area contributed by atoms with Gasteiger partial charge in [0.15, 0.2) is 0 Å². The normalized spacial score (nSPS) is 10.3. The molecule has 0 amide bonds. The standard InChI is InChI=1S/C15H11Cl3O/c1-10(11-2-4-12(16)5-3-11)9-19-15-7-6-13(17)8-14(15)18/h2-8H,1,9H2. The van der Waals surface area contributed by atoms with Gasteiger partial charge in [0.05, 0.1) is 5.02 Å². The zero-order chi connectivity index (χ0) is 13.8. The second kappa shape index (κ2) is 6.33. The molecule has 0 spiro atoms. The van der Waals surface area contributed by atoms with E-state index >= 15 is 0 Å². The third kappa shape index (κ3) is 3.90. The second-order valence-electron chi connectivity index (χ2n) is 3.97. The topological polar surface area (TPSA) is 9.23 Å². The lowest BCUT2D eigenvalue weighted by atomic mass is 10.1. The minimum Gasteiger partial charge on any atom is -0.487 e. The molecule has 0 aromatic heterocycles. The van der Waals surface area contributed by atoms with Gasteiger partial charge in [0.2, 0.25) is 0 Å². The average Bonchev–Trinajstić information content (AvgIpc) is 2.38. The summed E-state index contributed by atoms with van der Waals surface area (Å²) < 4.78 is 5.62. The molecule has 0 saturated carbocycles. The Hall–Kier alpha value is -1.15. The van der Waals surface area contributed by atoms with E-state index in [4.69, 9.17) is 39.5 Å². The van der Waals surface area contributed by atoms with Gasteiger partial charge in [-0.15, -0.1) is 0 Å². The zero-order valence-corrected chi connectivity index (χ0v) is 12.3. The summed E-state index contributed by atoms with van der Waals surface area (Å²) in [5, 5.41) is 1.75. The molecule has 0 aliphatic carbocycles. The van der Waals surface area contributed by atoms with Crippen molar-refractivity contribution >= 4 is 40.4 Å². The lowest BCUT2D eigenvalue weighted by molar-refractivity contribution is 0.370. The molecule has 0 atom stereocenters. The fourth-order valence-electron chi connectivity index (χ4n) is 1.53. The highest BCUT2D eigenvalue weighted by atomic mass is 35.5. The van der Waals surface area contributed by atoms with Crippen molar-refractivity contribution in [3.8, 4) is 5.75 Å². The molecule has 0 heterocycles. The monoisotopic (exact) mass is 312 g/mol.